The number of aliphatic carboxylic acids is 1. The van der Waals surface area contributed by atoms with E-state index >= 15 is 0 Å². The Morgan fingerprint density at radius 2 is 1.88 bits per heavy atom. The van der Waals surface area contributed by atoms with Gasteiger partial charge in [-0.1, -0.05) is 26.0 Å². The number of carbonyl (C=O) groups is 1. The summed E-state index contributed by atoms with van der Waals surface area (Å²) in [6, 6.07) is 0. The molecule has 0 aliphatic heterocycles. The van der Waals surface area contributed by atoms with Crippen molar-refractivity contribution < 1.29 is 27.5 Å². The molecule has 0 radical (unpaired) electrons. The van der Waals surface area contributed by atoms with Gasteiger partial charge in [-0.25, -0.2) is 4.39 Å². The Bertz CT molecular complexity index is 379. The third-order valence-electron chi connectivity index (χ3n) is 3.01. The average molecular weight is 252 g/mol. The van der Waals surface area contributed by atoms with Crippen LogP contribution in [0.5, 0.6) is 0 Å². The van der Waals surface area contributed by atoms with Crippen molar-refractivity contribution in [1.82, 2.24) is 0 Å². The Labute approximate surface area is 95.6 Å². The van der Waals surface area contributed by atoms with Crippen molar-refractivity contribution in [2.45, 2.75) is 20.0 Å². The first-order valence-corrected chi connectivity index (χ1v) is 4.92. The maximum absolute atomic E-state index is 12.4. The molecule has 0 unspecified atom stereocenters. The van der Waals surface area contributed by atoms with E-state index in [1.54, 1.807) is 13.8 Å². The molecule has 0 heterocycles. The van der Waals surface area contributed by atoms with Crippen LogP contribution in [0.25, 0.3) is 0 Å². The molecule has 1 rings (SSSR count). The van der Waals surface area contributed by atoms with Crippen LogP contribution >= 0.6 is 0 Å². The van der Waals surface area contributed by atoms with E-state index in [2.05, 4.69) is 0 Å². The fraction of sp³-hybridized carbons (Fsp3) is 0.545. The van der Waals surface area contributed by atoms with Crippen LogP contribution in [0, 0.1) is 17.3 Å². The van der Waals surface area contributed by atoms with Crippen LogP contribution < -0.4 is 0 Å². The fourth-order valence-electron chi connectivity index (χ4n) is 1.86. The van der Waals surface area contributed by atoms with Crippen molar-refractivity contribution in [3.8, 4) is 0 Å². The summed E-state index contributed by atoms with van der Waals surface area (Å²) in [7, 11) is 0. The molecule has 17 heavy (non-hydrogen) atoms. The number of rotatable bonds is 3. The SMILES string of the molecule is CC1(C)[C@@H](C=CC=C(F)C(F)(F)F)[C@@H]1C(=O)O. The van der Waals surface area contributed by atoms with Crippen molar-refractivity contribution in [2.75, 3.05) is 0 Å². The van der Waals surface area contributed by atoms with E-state index in [0.717, 1.165) is 6.08 Å². The second-order valence-corrected chi connectivity index (χ2v) is 4.56. The summed E-state index contributed by atoms with van der Waals surface area (Å²) in [5.74, 6) is -4.18. The molecule has 0 aromatic rings. The molecule has 96 valence electrons. The number of carboxylic acids is 1. The molecular formula is C11H12F4O2. The number of halogens is 4. The average Bonchev–Trinajstić information content (AvgIpc) is 2.66. The first-order valence-electron chi connectivity index (χ1n) is 4.92. The van der Waals surface area contributed by atoms with E-state index in [1.807, 2.05) is 0 Å². The molecule has 1 aliphatic carbocycles. The van der Waals surface area contributed by atoms with Gasteiger partial charge in [-0.3, -0.25) is 4.79 Å². The number of hydrogen-bond donors (Lipinski definition) is 1. The molecule has 0 aromatic carbocycles. The lowest BCUT2D eigenvalue weighted by Gasteiger charge is -2.00. The van der Waals surface area contributed by atoms with E-state index in [0.29, 0.717) is 6.08 Å². The smallest absolute Gasteiger partial charge is 0.442 e. The summed E-state index contributed by atoms with van der Waals surface area (Å²) in [5, 5.41) is 8.79. The highest BCUT2D eigenvalue weighted by molar-refractivity contribution is 5.76. The van der Waals surface area contributed by atoms with Gasteiger partial charge in [0.2, 0.25) is 5.83 Å². The molecule has 1 saturated carbocycles. The summed E-state index contributed by atoms with van der Waals surface area (Å²) < 4.78 is 47.7. The highest BCUT2D eigenvalue weighted by Gasteiger charge is 2.60. The van der Waals surface area contributed by atoms with Crippen LogP contribution in [0.15, 0.2) is 24.1 Å². The van der Waals surface area contributed by atoms with Crippen molar-refractivity contribution in [1.29, 1.82) is 0 Å². The first-order chi connectivity index (χ1) is 7.58. The summed E-state index contributed by atoms with van der Waals surface area (Å²) in [4.78, 5) is 10.7. The molecule has 2 nitrogen and oxygen atoms in total. The quantitative estimate of drug-likeness (QED) is 0.618. The molecule has 0 spiro atoms. The Balaban J connectivity index is 2.67. The lowest BCUT2D eigenvalue weighted by atomic mass is 10.1. The van der Waals surface area contributed by atoms with Crippen molar-refractivity contribution in [2.24, 2.45) is 17.3 Å². The Morgan fingerprint density at radius 3 is 2.24 bits per heavy atom. The fourth-order valence-corrected chi connectivity index (χ4v) is 1.86. The maximum atomic E-state index is 12.4. The van der Waals surface area contributed by atoms with E-state index in [1.165, 1.54) is 6.08 Å². The minimum Gasteiger partial charge on any atom is -0.481 e. The molecule has 1 aliphatic rings. The van der Waals surface area contributed by atoms with Crippen LogP contribution in [0.4, 0.5) is 17.6 Å². The number of carboxylic acid groups (broad SMARTS) is 1. The molecular weight excluding hydrogens is 240 g/mol. The van der Waals surface area contributed by atoms with Gasteiger partial charge in [0.15, 0.2) is 0 Å². The summed E-state index contributed by atoms with van der Waals surface area (Å²) in [6.07, 6.45) is -2.48. The van der Waals surface area contributed by atoms with Gasteiger partial charge < -0.3 is 5.11 Å². The van der Waals surface area contributed by atoms with Crippen LogP contribution in [-0.2, 0) is 4.79 Å². The molecule has 2 atom stereocenters. The second kappa shape index (κ2) is 4.16. The largest absolute Gasteiger partial charge is 0.481 e. The zero-order chi connectivity index (χ0) is 13.4. The third-order valence-corrected chi connectivity index (χ3v) is 3.01. The van der Waals surface area contributed by atoms with Gasteiger partial charge in [0.05, 0.1) is 5.92 Å². The predicted molar refractivity (Wildman–Crippen MR) is 52.8 cm³/mol. The Morgan fingerprint density at radius 1 is 1.35 bits per heavy atom. The minimum absolute atomic E-state index is 0.299. The Hall–Kier alpha value is -1.33. The van der Waals surface area contributed by atoms with Crippen LogP contribution in [0.2, 0.25) is 0 Å². The monoisotopic (exact) mass is 252 g/mol. The van der Waals surface area contributed by atoms with Gasteiger partial charge in [-0.15, -0.1) is 0 Å². The van der Waals surface area contributed by atoms with Crippen molar-refractivity contribution in [3.05, 3.63) is 24.1 Å². The van der Waals surface area contributed by atoms with Crippen molar-refractivity contribution in [3.63, 3.8) is 0 Å². The van der Waals surface area contributed by atoms with Gasteiger partial charge in [-0.2, -0.15) is 13.2 Å². The number of alkyl halides is 3. The first kappa shape index (κ1) is 13.7. The minimum atomic E-state index is -4.99. The lowest BCUT2D eigenvalue weighted by Crippen LogP contribution is -2.07. The molecule has 0 bridgehead atoms. The predicted octanol–water partition coefficient (Wildman–Crippen LogP) is 3.32. The van der Waals surface area contributed by atoms with Gasteiger partial charge in [-0.05, 0) is 17.4 Å². The molecule has 0 amide bonds. The maximum Gasteiger partial charge on any atom is 0.442 e. The van der Waals surface area contributed by atoms with E-state index in [-0.39, 0.29) is 5.92 Å². The highest BCUT2D eigenvalue weighted by Crippen LogP contribution is 2.59. The van der Waals surface area contributed by atoms with Crippen molar-refractivity contribution >= 4 is 5.97 Å². The molecule has 0 aromatic heterocycles. The Kier molecular flexibility index (Phi) is 3.36. The highest BCUT2D eigenvalue weighted by atomic mass is 19.4. The topological polar surface area (TPSA) is 37.3 Å². The summed E-state index contributed by atoms with van der Waals surface area (Å²) in [5.41, 5.74) is -0.495. The van der Waals surface area contributed by atoms with Gasteiger partial charge >= 0.3 is 12.1 Å². The molecule has 0 saturated heterocycles. The van der Waals surface area contributed by atoms with Crippen LogP contribution in [0.3, 0.4) is 0 Å². The standard InChI is InChI=1S/C11H12F4O2/c1-10(2)6(8(10)9(16)17)4-3-5-7(12)11(13,14)15/h3-6,8H,1-2H3,(H,16,17)/t6-,8+/m0/s1. The normalized spacial score (nSPS) is 28.5. The number of allylic oxidation sites excluding steroid dienone is 4. The van der Waals surface area contributed by atoms with Crippen LogP contribution in [-0.4, -0.2) is 17.3 Å². The third kappa shape index (κ3) is 2.87. The molecule has 1 N–H and O–H groups in total. The van der Waals surface area contributed by atoms with Crippen LogP contribution in [0.1, 0.15) is 13.8 Å². The molecule has 1 fully saturated rings. The number of hydrogen-bond acceptors (Lipinski definition) is 1. The second-order valence-electron chi connectivity index (χ2n) is 4.56. The summed E-state index contributed by atoms with van der Waals surface area (Å²) >= 11 is 0. The van der Waals surface area contributed by atoms with Gasteiger partial charge in [0, 0.05) is 0 Å². The zero-order valence-electron chi connectivity index (χ0n) is 9.25. The summed E-state index contributed by atoms with van der Waals surface area (Å²) in [6.45, 7) is 3.40. The zero-order valence-corrected chi connectivity index (χ0v) is 9.25. The molecule has 6 heteroatoms. The lowest BCUT2D eigenvalue weighted by molar-refractivity contribution is -0.139. The van der Waals surface area contributed by atoms with E-state index in [4.69, 9.17) is 5.11 Å². The van der Waals surface area contributed by atoms with E-state index in [9.17, 15) is 22.4 Å². The van der Waals surface area contributed by atoms with E-state index < -0.39 is 29.3 Å². The van der Waals surface area contributed by atoms with Gasteiger partial charge in [0.25, 0.3) is 0 Å². The van der Waals surface area contributed by atoms with Gasteiger partial charge in [0.1, 0.15) is 0 Å².